The summed E-state index contributed by atoms with van der Waals surface area (Å²) in [5, 5.41) is 4.21. The number of nitrogens with zero attached hydrogens (tertiary/aromatic N) is 3. The number of nitrogens with one attached hydrogen (secondary N) is 1. The molecular formula is C24H30N4OS. The maximum atomic E-state index is 12.1. The number of hydrogen-bond donors (Lipinski definition) is 1. The van der Waals surface area contributed by atoms with E-state index < -0.39 is 0 Å². The molecule has 30 heavy (non-hydrogen) atoms. The van der Waals surface area contributed by atoms with Crippen LogP contribution in [0.1, 0.15) is 23.4 Å². The lowest BCUT2D eigenvalue weighted by Gasteiger charge is -2.34. The summed E-state index contributed by atoms with van der Waals surface area (Å²) < 4.78 is 1.22. The number of aryl methyl sites for hydroxylation is 1. The number of hydrogen-bond acceptors (Lipinski definition) is 5. The van der Waals surface area contributed by atoms with E-state index in [1.165, 1.54) is 10.3 Å². The second kappa shape index (κ2) is 10.7. The van der Waals surface area contributed by atoms with Crippen molar-refractivity contribution in [3.8, 4) is 0 Å². The summed E-state index contributed by atoms with van der Waals surface area (Å²) in [4.78, 5) is 21.7. The lowest BCUT2D eigenvalue weighted by Crippen LogP contribution is -2.48. The first-order valence-electron chi connectivity index (χ1n) is 10.9. The molecule has 3 aromatic rings. The lowest BCUT2D eigenvalue weighted by atomic mass is 10.2. The van der Waals surface area contributed by atoms with Gasteiger partial charge in [-0.15, -0.1) is 11.3 Å². The summed E-state index contributed by atoms with van der Waals surface area (Å²) in [6, 6.07) is 18.9. The van der Waals surface area contributed by atoms with Gasteiger partial charge in [0.2, 0.25) is 5.91 Å². The maximum absolute atomic E-state index is 12.1. The molecule has 0 unspecified atom stereocenters. The molecule has 0 aliphatic carbocycles. The van der Waals surface area contributed by atoms with Gasteiger partial charge in [-0.25, -0.2) is 4.98 Å². The van der Waals surface area contributed by atoms with Gasteiger partial charge >= 0.3 is 0 Å². The highest BCUT2D eigenvalue weighted by molar-refractivity contribution is 7.18. The first kappa shape index (κ1) is 21.0. The van der Waals surface area contributed by atoms with E-state index in [4.69, 9.17) is 0 Å². The first-order chi connectivity index (χ1) is 14.8. The fourth-order valence-electron chi connectivity index (χ4n) is 3.88. The number of carbonyl (C=O) groups excluding carboxylic acids is 1. The number of aromatic nitrogens is 1. The number of para-hydroxylation sites is 1. The third-order valence-electron chi connectivity index (χ3n) is 5.60. The van der Waals surface area contributed by atoms with Crippen LogP contribution in [0.5, 0.6) is 0 Å². The van der Waals surface area contributed by atoms with Crippen LogP contribution in [-0.2, 0) is 17.8 Å². The smallest absolute Gasteiger partial charge is 0.220 e. The minimum Gasteiger partial charge on any atom is -0.355 e. The van der Waals surface area contributed by atoms with Crippen molar-refractivity contribution in [1.82, 2.24) is 20.1 Å². The van der Waals surface area contributed by atoms with E-state index in [1.807, 2.05) is 18.2 Å². The Morgan fingerprint density at radius 3 is 2.50 bits per heavy atom. The fraction of sp³-hybridized carbons (Fsp3) is 0.417. The zero-order chi connectivity index (χ0) is 20.6. The molecule has 1 aliphatic rings. The van der Waals surface area contributed by atoms with E-state index >= 15 is 0 Å². The zero-order valence-corrected chi connectivity index (χ0v) is 18.2. The summed E-state index contributed by atoms with van der Waals surface area (Å²) in [5.74, 6) is 0.152. The van der Waals surface area contributed by atoms with Gasteiger partial charge in [0.15, 0.2) is 0 Å². The van der Waals surface area contributed by atoms with Crippen molar-refractivity contribution in [2.45, 2.75) is 25.8 Å². The van der Waals surface area contributed by atoms with Crippen molar-refractivity contribution in [2.75, 3.05) is 39.3 Å². The summed E-state index contributed by atoms with van der Waals surface area (Å²) >= 11 is 1.73. The Hall–Kier alpha value is -2.28. The van der Waals surface area contributed by atoms with Crippen LogP contribution in [0, 0.1) is 0 Å². The minimum atomic E-state index is 0.152. The Bertz CT molecular complexity index is 902. The van der Waals surface area contributed by atoms with Crippen LogP contribution in [0.2, 0.25) is 0 Å². The van der Waals surface area contributed by atoms with Crippen LogP contribution in [0.4, 0.5) is 0 Å². The molecule has 1 saturated heterocycles. The van der Waals surface area contributed by atoms with Crippen LogP contribution < -0.4 is 5.32 Å². The third-order valence-corrected chi connectivity index (χ3v) is 6.69. The molecule has 0 bridgehead atoms. The monoisotopic (exact) mass is 422 g/mol. The van der Waals surface area contributed by atoms with Crippen molar-refractivity contribution in [3.05, 3.63) is 65.2 Å². The Morgan fingerprint density at radius 2 is 1.70 bits per heavy atom. The Kier molecular flexibility index (Phi) is 7.45. The van der Waals surface area contributed by atoms with Crippen molar-refractivity contribution in [2.24, 2.45) is 0 Å². The maximum Gasteiger partial charge on any atom is 0.220 e. The molecule has 2 aromatic carbocycles. The highest BCUT2D eigenvalue weighted by atomic mass is 32.1. The second-order valence-electron chi connectivity index (χ2n) is 7.88. The van der Waals surface area contributed by atoms with Gasteiger partial charge in [0, 0.05) is 52.2 Å². The predicted molar refractivity (Wildman–Crippen MR) is 124 cm³/mol. The van der Waals surface area contributed by atoms with E-state index in [1.54, 1.807) is 11.3 Å². The molecule has 1 aliphatic heterocycles. The summed E-state index contributed by atoms with van der Waals surface area (Å²) in [5.41, 5.74) is 2.44. The van der Waals surface area contributed by atoms with Crippen molar-refractivity contribution in [3.63, 3.8) is 0 Å². The average molecular weight is 423 g/mol. The molecule has 6 heteroatoms. The number of carbonyl (C=O) groups is 1. The minimum absolute atomic E-state index is 0.152. The Morgan fingerprint density at radius 1 is 0.967 bits per heavy atom. The Balaban J connectivity index is 1.08. The molecule has 0 radical (unpaired) electrons. The molecule has 1 aromatic heterocycles. The predicted octanol–water partition coefficient (Wildman–Crippen LogP) is 3.55. The normalized spacial score (nSPS) is 15.5. The van der Waals surface area contributed by atoms with E-state index in [0.717, 1.165) is 69.2 Å². The fourth-order valence-corrected chi connectivity index (χ4v) is 4.89. The van der Waals surface area contributed by atoms with E-state index in [2.05, 4.69) is 56.5 Å². The summed E-state index contributed by atoms with van der Waals surface area (Å²) in [6.07, 6.45) is 2.29. The summed E-state index contributed by atoms with van der Waals surface area (Å²) in [6.45, 7) is 7.01. The van der Waals surface area contributed by atoms with Gasteiger partial charge in [-0.3, -0.25) is 14.6 Å². The lowest BCUT2D eigenvalue weighted by molar-refractivity contribution is -0.121. The van der Waals surface area contributed by atoms with Crippen LogP contribution in [-0.4, -0.2) is 60.0 Å². The zero-order valence-electron chi connectivity index (χ0n) is 17.4. The van der Waals surface area contributed by atoms with Gasteiger partial charge in [-0.05, 0) is 30.5 Å². The molecular weight excluding hydrogens is 392 g/mol. The highest BCUT2D eigenvalue weighted by Gasteiger charge is 2.16. The molecule has 0 saturated carbocycles. The van der Waals surface area contributed by atoms with Gasteiger partial charge in [0.25, 0.3) is 0 Å². The van der Waals surface area contributed by atoms with Crippen LogP contribution in [0.3, 0.4) is 0 Å². The van der Waals surface area contributed by atoms with Crippen LogP contribution in [0.25, 0.3) is 10.2 Å². The number of fused-ring (bicyclic) bond motifs is 1. The van der Waals surface area contributed by atoms with Crippen LogP contribution >= 0.6 is 11.3 Å². The van der Waals surface area contributed by atoms with Crippen molar-refractivity contribution in [1.29, 1.82) is 0 Å². The summed E-state index contributed by atoms with van der Waals surface area (Å²) in [7, 11) is 0. The highest BCUT2D eigenvalue weighted by Crippen LogP contribution is 2.22. The largest absolute Gasteiger partial charge is 0.355 e. The number of benzene rings is 2. The topological polar surface area (TPSA) is 48.5 Å². The van der Waals surface area contributed by atoms with Crippen molar-refractivity contribution < 1.29 is 4.79 Å². The van der Waals surface area contributed by atoms with Gasteiger partial charge in [0.1, 0.15) is 0 Å². The molecule has 2 heterocycles. The first-order valence-corrected chi connectivity index (χ1v) is 11.7. The quantitative estimate of drug-likeness (QED) is 0.573. The second-order valence-corrected chi connectivity index (χ2v) is 9.00. The molecule has 5 nitrogen and oxygen atoms in total. The van der Waals surface area contributed by atoms with Crippen LogP contribution in [0.15, 0.2) is 54.6 Å². The molecule has 1 fully saturated rings. The number of piperazine rings is 1. The molecule has 1 N–H and O–H groups in total. The molecule has 1 amide bonds. The van der Waals surface area contributed by atoms with Crippen molar-refractivity contribution >= 4 is 27.5 Å². The molecule has 4 rings (SSSR count). The van der Waals surface area contributed by atoms with E-state index in [0.29, 0.717) is 6.42 Å². The molecule has 0 spiro atoms. The Labute approximate surface area is 182 Å². The van der Waals surface area contributed by atoms with Gasteiger partial charge in [-0.2, -0.15) is 0 Å². The molecule has 0 atom stereocenters. The number of rotatable bonds is 9. The third kappa shape index (κ3) is 6.11. The van der Waals surface area contributed by atoms with E-state index in [-0.39, 0.29) is 5.91 Å². The van der Waals surface area contributed by atoms with Gasteiger partial charge < -0.3 is 5.32 Å². The number of amides is 1. The standard InChI is InChI=1S/C24H30N4OS/c29-23(11-6-12-24-26-21-9-4-5-10-22(21)30-24)25-13-14-27-15-17-28(18-16-27)19-20-7-2-1-3-8-20/h1-5,7-10H,6,11-19H2,(H,25,29). The van der Waals surface area contributed by atoms with Gasteiger partial charge in [0.05, 0.1) is 15.2 Å². The average Bonchev–Trinajstić information content (AvgIpc) is 3.18. The SMILES string of the molecule is O=C(CCCc1nc2ccccc2s1)NCCN1CCN(Cc2ccccc2)CC1. The molecule has 158 valence electrons. The van der Waals surface area contributed by atoms with E-state index in [9.17, 15) is 4.79 Å². The number of thiazole rings is 1. The van der Waals surface area contributed by atoms with Gasteiger partial charge in [-0.1, -0.05) is 42.5 Å².